The number of aromatic nitrogens is 3. The molecule has 4 rings (SSSR count). The summed E-state index contributed by atoms with van der Waals surface area (Å²) >= 11 is 0. The van der Waals surface area contributed by atoms with Crippen LogP contribution in [0.25, 0.3) is 0 Å². The van der Waals surface area contributed by atoms with Gasteiger partial charge in [-0.15, -0.1) is 0 Å². The Balaban J connectivity index is 1.39. The largest absolute Gasteiger partial charge is 0.339 e. The molecule has 1 amide bonds. The summed E-state index contributed by atoms with van der Waals surface area (Å²) in [4.78, 5) is 40.6. The molecule has 2 aromatic rings. The van der Waals surface area contributed by atoms with Gasteiger partial charge in [0.05, 0.1) is 5.69 Å². The molecule has 0 spiro atoms. The number of rotatable bonds is 3. The maximum absolute atomic E-state index is 12.5. The molecule has 2 aromatic heterocycles. The van der Waals surface area contributed by atoms with E-state index in [1.807, 2.05) is 0 Å². The topological polar surface area (TPSA) is 88.1 Å². The Labute approximate surface area is 157 Å². The van der Waals surface area contributed by atoms with E-state index in [2.05, 4.69) is 10.1 Å². The van der Waals surface area contributed by atoms with Crippen molar-refractivity contribution in [1.82, 2.24) is 19.7 Å². The van der Waals surface area contributed by atoms with Crippen LogP contribution in [0.4, 0.5) is 0 Å². The van der Waals surface area contributed by atoms with Gasteiger partial charge in [0.2, 0.25) is 5.56 Å². The molecule has 0 saturated carbocycles. The van der Waals surface area contributed by atoms with E-state index in [1.54, 1.807) is 21.7 Å². The van der Waals surface area contributed by atoms with E-state index < -0.39 is 0 Å². The van der Waals surface area contributed by atoms with Gasteiger partial charge in [-0.05, 0) is 56.1 Å². The highest BCUT2D eigenvalue weighted by Crippen LogP contribution is 2.21. The van der Waals surface area contributed by atoms with Crippen molar-refractivity contribution in [3.63, 3.8) is 0 Å². The molecule has 7 nitrogen and oxygen atoms in total. The SMILES string of the molecule is O=C(c1cc[nH]c(=O)c1)N1CCC(Cn2nc3c(cc2=O)CCCC3)CC1. The molecule has 0 radical (unpaired) electrons. The first-order chi connectivity index (χ1) is 13.1. The van der Waals surface area contributed by atoms with E-state index in [4.69, 9.17) is 0 Å². The number of H-pyrrole nitrogens is 1. The summed E-state index contributed by atoms with van der Waals surface area (Å²) in [5.74, 6) is 0.226. The van der Waals surface area contributed by atoms with E-state index in [1.165, 1.54) is 12.3 Å². The van der Waals surface area contributed by atoms with Crippen molar-refractivity contribution >= 4 is 5.91 Å². The van der Waals surface area contributed by atoms with Gasteiger partial charge in [0.25, 0.3) is 11.5 Å². The molecule has 0 unspecified atom stereocenters. The molecule has 142 valence electrons. The van der Waals surface area contributed by atoms with Crippen LogP contribution >= 0.6 is 0 Å². The van der Waals surface area contributed by atoms with Gasteiger partial charge in [-0.25, -0.2) is 4.68 Å². The van der Waals surface area contributed by atoms with Gasteiger partial charge >= 0.3 is 0 Å². The fraction of sp³-hybridized carbons (Fsp3) is 0.500. The van der Waals surface area contributed by atoms with Crippen LogP contribution < -0.4 is 11.1 Å². The summed E-state index contributed by atoms with van der Waals surface area (Å²) < 4.78 is 1.61. The van der Waals surface area contributed by atoms with Crippen LogP contribution in [0.1, 0.15) is 47.3 Å². The standard InChI is InChI=1S/C20H24N4O3/c25-18-11-16(5-8-21-18)20(27)23-9-6-14(7-10-23)13-24-19(26)12-15-3-1-2-4-17(15)22-24/h5,8,11-12,14H,1-4,6-7,9-10,13H2,(H,21,25). The van der Waals surface area contributed by atoms with Crippen molar-refractivity contribution in [1.29, 1.82) is 0 Å². The summed E-state index contributed by atoms with van der Waals surface area (Å²) in [6, 6.07) is 4.73. The molecule has 3 heterocycles. The van der Waals surface area contributed by atoms with E-state index in [-0.39, 0.29) is 17.0 Å². The van der Waals surface area contributed by atoms with Crippen LogP contribution in [0.2, 0.25) is 0 Å². The fourth-order valence-electron chi connectivity index (χ4n) is 4.06. The minimum atomic E-state index is -0.270. The normalized spacial score (nSPS) is 17.6. The number of carbonyl (C=O) groups excluding carboxylic acids is 1. The number of aromatic amines is 1. The van der Waals surface area contributed by atoms with Crippen LogP contribution in [0.5, 0.6) is 0 Å². The molecule has 1 saturated heterocycles. The number of hydrogen-bond donors (Lipinski definition) is 1. The number of hydrogen-bond acceptors (Lipinski definition) is 4. The molecule has 2 aliphatic rings. The number of likely N-dealkylation sites (tertiary alicyclic amines) is 1. The second-order valence-electron chi connectivity index (χ2n) is 7.52. The van der Waals surface area contributed by atoms with Crippen molar-refractivity contribution in [3.05, 3.63) is 61.9 Å². The Morgan fingerprint density at radius 2 is 1.93 bits per heavy atom. The third kappa shape index (κ3) is 3.86. The molecular formula is C20H24N4O3. The van der Waals surface area contributed by atoms with Gasteiger partial charge in [0.15, 0.2) is 0 Å². The molecule has 1 aliphatic carbocycles. The third-order valence-corrected chi connectivity index (χ3v) is 5.63. The minimum absolute atomic E-state index is 0.0160. The Morgan fingerprint density at radius 3 is 2.70 bits per heavy atom. The Kier molecular flexibility index (Phi) is 4.92. The summed E-state index contributed by atoms with van der Waals surface area (Å²) in [6.07, 6.45) is 7.36. The van der Waals surface area contributed by atoms with Crippen molar-refractivity contribution < 1.29 is 4.79 Å². The molecule has 0 bridgehead atoms. The first-order valence-electron chi connectivity index (χ1n) is 9.68. The van der Waals surface area contributed by atoms with Crippen molar-refractivity contribution in [3.8, 4) is 0 Å². The number of nitrogens with one attached hydrogen (secondary N) is 1. The lowest BCUT2D eigenvalue weighted by molar-refractivity contribution is 0.0680. The highest BCUT2D eigenvalue weighted by atomic mass is 16.2. The summed E-state index contributed by atoms with van der Waals surface area (Å²) in [5.41, 5.74) is 2.32. The van der Waals surface area contributed by atoms with Crippen molar-refractivity contribution in [2.75, 3.05) is 13.1 Å². The van der Waals surface area contributed by atoms with Crippen molar-refractivity contribution in [2.24, 2.45) is 5.92 Å². The van der Waals surface area contributed by atoms with E-state index >= 15 is 0 Å². The summed E-state index contributed by atoms with van der Waals surface area (Å²) in [7, 11) is 0. The average molecular weight is 368 g/mol. The van der Waals surface area contributed by atoms with Gasteiger partial charge in [0.1, 0.15) is 0 Å². The Bertz CT molecular complexity index is 954. The van der Waals surface area contributed by atoms with Crippen LogP contribution in [-0.4, -0.2) is 38.7 Å². The van der Waals surface area contributed by atoms with Crippen LogP contribution in [0.3, 0.4) is 0 Å². The van der Waals surface area contributed by atoms with Gasteiger partial charge in [-0.3, -0.25) is 14.4 Å². The fourth-order valence-corrected chi connectivity index (χ4v) is 4.06. The maximum Gasteiger partial charge on any atom is 0.267 e. The monoisotopic (exact) mass is 368 g/mol. The first kappa shape index (κ1) is 17.7. The van der Waals surface area contributed by atoms with Crippen molar-refractivity contribution in [2.45, 2.75) is 45.1 Å². The molecule has 7 heteroatoms. The number of pyridine rings is 1. The number of aryl methyl sites for hydroxylation is 2. The lowest BCUT2D eigenvalue weighted by Gasteiger charge is -2.32. The van der Waals surface area contributed by atoms with Crippen LogP contribution in [-0.2, 0) is 19.4 Å². The molecule has 0 aromatic carbocycles. The quantitative estimate of drug-likeness (QED) is 0.886. The van der Waals surface area contributed by atoms with Gasteiger partial charge < -0.3 is 9.88 Å². The van der Waals surface area contributed by atoms with Gasteiger partial charge in [0, 0.05) is 43.5 Å². The summed E-state index contributed by atoms with van der Waals surface area (Å²) in [6.45, 7) is 1.88. The van der Waals surface area contributed by atoms with Crippen LogP contribution in [0.15, 0.2) is 34.0 Å². The number of amides is 1. The number of piperidine rings is 1. The highest BCUT2D eigenvalue weighted by molar-refractivity contribution is 5.94. The Morgan fingerprint density at radius 1 is 1.15 bits per heavy atom. The second kappa shape index (κ2) is 7.50. The molecule has 27 heavy (non-hydrogen) atoms. The van der Waals surface area contributed by atoms with Gasteiger partial charge in [-0.2, -0.15) is 5.10 Å². The highest BCUT2D eigenvalue weighted by Gasteiger charge is 2.25. The van der Waals surface area contributed by atoms with Gasteiger partial charge in [-0.1, -0.05) is 0 Å². The molecule has 1 fully saturated rings. The number of nitrogens with zero attached hydrogens (tertiary/aromatic N) is 3. The van der Waals surface area contributed by atoms with E-state index in [0.29, 0.717) is 31.1 Å². The average Bonchev–Trinajstić information content (AvgIpc) is 2.68. The lowest BCUT2D eigenvalue weighted by Crippen LogP contribution is -2.40. The molecular weight excluding hydrogens is 344 g/mol. The minimum Gasteiger partial charge on any atom is -0.339 e. The number of fused-ring (bicyclic) bond motifs is 1. The van der Waals surface area contributed by atoms with Crippen LogP contribution in [0, 0.1) is 5.92 Å². The lowest BCUT2D eigenvalue weighted by atomic mass is 9.95. The zero-order chi connectivity index (χ0) is 18.8. The zero-order valence-electron chi connectivity index (χ0n) is 15.3. The third-order valence-electron chi connectivity index (χ3n) is 5.63. The molecule has 1 aliphatic heterocycles. The molecule has 1 N–H and O–H groups in total. The number of carbonyl (C=O) groups is 1. The zero-order valence-corrected chi connectivity index (χ0v) is 15.3. The second-order valence-corrected chi connectivity index (χ2v) is 7.52. The smallest absolute Gasteiger partial charge is 0.267 e. The molecule has 0 atom stereocenters. The Hall–Kier alpha value is -2.70. The van der Waals surface area contributed by atoms with E-state index in [9.17, 15) is 14.4 Å². The van der Waals surface area contributed by atoms with E-state index in [0.717, 1.165) is 49.8 Å². The predicted molar refractivity (Wildman–Crippen MR) is 101 cm³/mol. The summed E-state index contributed by atoms with van der Waals surface area (Å²) in [5, 5.41) is 4.60. The first-order valence-corrected chi connectivity index (χ1v) is 9.68. The predicted octanol–water partition coefficient (Wildman–Crippen LogP) is 1.36. The maximum atomic E-state index is 12.5.